The molecule has 146 valence electrons. The zero-order chi connectivity index (χ0) is 19.1. The van der Waals surface area contributed by atoms with E-state index in [0.29, 0.717) is 25.2 Å². The number of rotatable bonds is 3. The van der Waals surface area contributed by atoms with Crippen LogP contribution in [0.15, 0.2) is 48.9 Å². The van der Waals surface area contributed by atoms with Crippen LogP contribution in [0.4, 0.5) is 0 Å². The van der Waals surface area contributed by atoms with Crippen LogP contribution in [0.25, 0.3) is 0 Å². The Hall–Kier alpha value is -2.35. The van der Waals surface area contributed by atoms with Crippen molar-refractivity contribution in [1.82, 2.24) is 24.7 Å². The van der Waals surface area contributed by atoms with Gasteiger partial charge >= 0.3 is 0 Å². The van der Waals surface area contributed by atoms with E-state index in [1.165, 1.54) is 0 Å². The van der Waals surface area contributed by atoms with Crippen molar-refractivity contribution in [3.8, 4) is 0 Å². The molecule has 2 aromatic heterocycles. The molecule has 0 bridgehead atoms. The van der Waals surface area contributed by atoms with Gasteiger partial charge in [0.15, 0.2) is 0 Å². The average Bonchev–Trinajstić information content (AvgIpc) is 3.08. The van der Waals surface area contributed by atoms with Crippen molar-refractivity contribution in [3.63, 3.8) is 0 Å². The zero-order valence-corrected chi connectivity index (χ0v) is 15.8. The predicted octanol–water partition coefficient (Wildman–Crippen LogP) is 0.622. The summed E-state index contributed by atoms with van der Waals surface area (Å²) in [5.41, 5.74) is 1.62. The quantitative estimate of drug-likeness (QED) is 0.843. The number of hydrogen-bond acceptors (Lipinski definition) is 6. The van der Waals surface area contributed by atoms with Gasteiger partial charge < -0.3 is 10.0 Å². The first-order valence-corrected chi connectivity index (χ1v) is 9.89. The molecule has 0 saturated carbocycles. The van der Waals surface area contributed by atoms with E-state index in [-0.39, 0.29) is 23.6 Å². The molecule has 7 heteroatoms. The highest BCUT2D eigenvalue weighted by Crippen LogP contribution is 2.39. The number of pyridine rings is 2. The second-order valence-electron chi connectivity index (χ2n) is 8.31. The highest BCUT2D eigenvalue weighted by Gasteiger charge is 2.56. The number of carbonyl (C=O) groups excluding carboxylic acids is 1. The highest BCUT2D eigenvalue weighted by atomic mass is 16.3. The van der Waals surface area contributed by atoms with Crippen LogP contribution in [-0.4, -0.2) is 86.1 Å². The minimum atomic E-state index is -0.305. The number of nitrogens with zero attached hydrogens (tertiary/aromatic N) is 5. The Morgan fingerprint density at radius 3 is 2.79 bits per heavy atom. The number of aliphatic hydroxyl groups excluding tert-OH is 1. The summed E-state index contributed by atoms with van der Waals surface area (Å²) < 4.78 is 0. The van der Waals surface area contributed by atoms with Crippen molar-refractivity contribution in [3.05, 3.63) is 60.2 Å². The summed E-state index contributed by atoms with van der Waals surface area (Å²) in [4.78, 5) is 28.4. The second-order valence-corrected chi connectivity index (χ2v) is 8.31. The summed E-state index contributed by atoms with van der Waals surface area (Å²) in [7, 11) is 0. The summed E-state index contributed by atoms with van der Waals surface area (Å²) in [6.45, 7) is 4.68. The first kappa shape index (κ1) is 17.7. The van der Waals surface area contributed by atoms with Gasteiger partial charge in [0.05, 0.1) is 22.9 Å². The smallest absolute Gasteiger partial charge is 0.255 e. The summed E-state index contributed by atoms with van der Waals surface area (Å²) in [6, 6.07) is 9.84. The number of likely N-dealkylation sites (tertiary alicyclic amines) is 1. The molecular formula is C21H25N5O2. The Balaban J connectivity index is 1.34. The molecule has 1 N–H and O–H groups in total. The lowest BCUT2D eigenvalue weighted by molar-refractivity contribution is -0.108. The van der Waals surface area contributed by atoms with E-state index in [9.17, 15) is 9.90 Å². The average molecular weight is 379 g/mol. The van der Waals surface area contributed by atoms with Crippen LogP contribution in [0.2, 0.25) is 0 Å². The van der Waals surface area contributed by atoms with Crippen molar-refractivity contribution >= 4 is 5.91 Å². The lowest BCUT2D eigenvalue weighted by Gasteiger charge is -2.61. The van der Waals surface area contributed by atoms with Gasteiger partial charge in [-0.15, -0.1) is 0 Å². The third-order valence-electron chi connectivity index (χ3n) is 6.26. The van der Waals surface area contributed by atoms with Crippen LogP contribution in [0.1, 0.15) is 22.5 Å². The standard InChI is InChI=1S/C21H25N5O2/c27-19-8-18-11-25(20(28)16-4-3-6-22-9-16)15-21(26(18)12-19)13-24(14-21)10-17-5-1-2-7-23-17/h1-7,9,18-19,27H,8,10-15H2/t18-,19-/m1/s1. The van der Waals surface area contributed by atoms with Gasteiger partial charge in [-0.2, -0.15) is 0 Å². The molecular weight excluding hydrogens is 354 g/mol. The molecule has 5 heterocycles. The molecule has 3 aliphatic heterocycles. The van der Waals surface area contributed by atoms with Crippen LogP contribution >= 0.6 is 0 Å². The van der Waals surface area contributed by atoms with Gasteiger partial charge in [0.25, 0.3) is 5.91 Å². The monoisotopic (exact) mass is 379 g/mol. The van der Waals surface area contributed by atoms with E-state index in [0.717, 1.165) is 31.7 Å². The zero-order valence-electron chi connectivity index (χ0n) is 15.8. The molecule has 7 nitrogen and oxygen atoms in total. The number of carbonyl (C=O) groups is 1. The molecule has 2 aromatic rings. The topological polar surface area (TPSA) is 72.8 Å². The fourth-order valence-corrected chi connectivity index (χ4v) is 5.14. The minimum absolute atomic E-state index is 0.0386. The van der Waals surface area contributed by atoms with E-state index in [4.69, 9.17) is 0 Å². The van der Waals surface area contributed by atoms with E-state index in [1.54, 1.807) is 18.5 Å². The van der Waals surface area contributed by atoms with Gasteiger partial charge in [0.2, 0.25) is 0 Å². The third kappa shape index (κ3) is 3.09. The maximum Gasteiger partial charge on any atom is 0.255 e. The number of hydrogen-bond donors (Lipinski definition) is 1. The van der Waals surface area contributed by atoms with Crippen molar-refractivity contribution in [1.29, 1.82) is 0 Å². The van der Waals surface area contributed by atoms with Gasteiger partial charge in [-0.3, -0.25) is 24.6 Å². The predicted molar refractivity (Wildman–Crippen MR) is 104 cm³/mol. The van der Waals surface area contributed by atoms with Crippen LogP contribution in [0.3, 0.4) is 0 Å². The molecule has 1 spiro atoms. The van der Waals surface area contributed by atoms with E-state index in [1.807, 2.05) is 35.4 Å². The van der Waals surface area contributed by atoms with Crippen LogP contribution in [0, 0.1) is 0 Å². The number of β-amino-alcohol motifs (C(OH)–C–C–N with tert-alkyl or cyclic N) is 1. The Morgan fingerprint density at radius 2 is 2.04 bits per heavy atom. The number of fused-ring (bicyclic) bond motifs is 2. The molecule has 0 radical (unpaired) electrons. The Bertz CT molecular complexity index is 840. The number of piperazine rings is 1. The fraction of sp³-hybridized carbons (Fsp3) is 0.476. The summed E-state index contributed by atoms with van der Waals surface area (Å²) >= 11 is 0. The first-order valence-electron chi connectivity index (χ1n) is 9.89. The molecule has 0 aromatic carbocycles. The Morgan fingerprint density at radius 1 is 1.14 bits per heavy atom. The van der Waals surface area contributed by atoms with Gasteiger partial charge in [0.1, 0.15) is 0 Å². The number of aliphatic hydroxyl groups is 1. The number of amides is 1. The van der Waals surface area contributed by atoms with E-state index < -0.39 is 0 Å². The fourth-order valence-electron chi connectivity index (χ4n) is 5.14. The molecule has 3 fully saturated rings. The van der Waals surface area contributed by atoms with Crippen LogP contribution in [0.5, 0.6) is 0 Å². The molecule has 1 amide bonds. The van der Waals surface area contributed by atoms with E-state index in [2.05, 4.69) is 19.8 Å². The lowest BCUT2D eigenvalue weighted by atomic mass is 9.83. The summed E-state index contributed by atoms with van der Waals surface area (Å²) in [5.74, 6) is 0.0386. The van der Waals surface area contributed by atoms with Crippen LogP contribution < -0.4 is 0 Å². The third-order valence-corrected chi connectivity index (χ3v) is 6.26. The highest BCUT2D eigenvalue weighted by molar-refractivity contribution is 5.94. The molecule has 28 heavy (non-hydrogen) atoms. The van der Waals surface area contributed by atoms with Crippen molar-refractivity contribution < 1.29 is 9.90 Å². The largest absolute Gasteiger partial charge is 0.392 e. The molecule has 3 aliphatic rings. The molecule has 0 unspecified atom stereocenters. The maximum atomic E-state index is 13.1. The first-order chi connectivity index (χ1) is 13.6. The summed E-state index contributed by atoms with van der Waals surface area (Å²) in [6.07, 6.45) is 5.58. The van der Waals surface area contributed by atoms with Gasteiger partial charge in [-0.05, 0) is 30.7 Å². The van der Waals surface area contributed by atoms with Gasteiger partial charge in [-0.25, -0.2) is 0 Å². The second kappa shape index (κ2) is 6.92. The molecule has 5 rings (SSSR count). The minimum Gasteiger partial charge on any atom is -0.392 e. The van der Waals surface area contributed by atoms with Crippen molar-refractivity contribution in [2.45, 2.75) is 30.7 Å². The maximum absolute atomic E-state index is 13.1. The lowest BCUT2D eigenvalue weighted by Crippen LogP contribution is -2.78. The Labute approximate surface area is 164 Å². The van der Waals surface area contributed by atoms with Gasteiger partial charge in [-0.1, -0.05) is 6.07 Å². The van der Waals surface area contributed by atoms with Gasteiger partial charge in [0, 0.05) is 63.9 Å². The SMILES string of the molecule is O=C(c1cccnc1)N1C[C@H]2C[C@@H](O)CN2C2(CN(Cc3ccccn3)C2)C1. The van der Waals surface area contributed by atoms with Crippen molar-refractivity contribution in [2.24, 2.45) is 0 Å². The molecule has 3 saturated heterocycles. The van der Waals surface area contributed by atoms with Crippen molar-refractivity contribution in [2.75, 3.05) is 32.7 Å². The number of aromatic nitrogens is 2. The molecule has 2 atom stereocenters. The van der Waals surface area contributed by atoms with E-state index >= 15 is 0 Å². The molecule has 0 aliphatic carbocycles. The normalized spacial score (nSPS) is 26.8. The summed E-state index contributed by atoms with van der Waals surface area (Å²) in [5, 5.41) is 10.3. The Kier molecular flexibility index (Phi) is 4.38. The van der Waals surface area contributed by atoms with Crippen LogP contribution in [-0.2, 0) is 6.54 Å².